The highest BCUT2D eigenvalue weighted by Crippen LogP contribution is 2.32. The van der Waals surface area contributed by atoms with Crippen molar-refractivity contribution < 1.29 is 0 Å². The third-order valence-electron chi connectivity index (χ3n) is 3.49. The molecule has 0 spiro atoms. The van der Waals surface area contributed by atoms with Crippen LogP contribution in [0.4, 0.5) is 0 Å². The van der Waals surface area contributed by atoms with Crippen LogP contribution in [-0.4, -0.2) is 0 Å². The third-order valence-corrected chi connectivity index (χ3v) is 4.96. The molecule has 1 unspecified atom stereocenters. The molecule has 0 aliphatic heterocycles. The van der Waals surface area contributed by atoms with Gasteiger partial charge >= 0.3 is 0 Å². The van der Waals surface area contributed by atoms with Crippen LogP contribution < -0.4 is 0 Å². The molecule has 0 aliphatic rings. The summed E-state index contributed by atoms with van der Waals surface area (Å²) in [4.78, 5) is 0. The van der Waals surface area contributed by atoms with E-state index in [1.807, 2.05) is 18.2 Å². The van der Waals surface area contributed by atoms with Gasteiger partial charge < -0.3 is 0 Å². The highest BCUT2D eigenvalue weighted by Gasteiger charge is 2.13. The summed E-state index contributed by atoms with van der Waals surface area (Å²) >= 11 is 8.96. The van der Waals surface area contributed by atoms with Crippen LogP contribution >= 0.6 is 34.2 Å². The van der Waals surface area contributed by atoms with Crippen LogP contribution in [0.2, 0.25) is 0 Å². The van der Waals surface area contributed by atoms with Crippen molar-refractivity contribution in [3.63, 3.8) is 0 Å². The Labute approximate surface area is 143 Å². The van der Waals surface area contributed by atoms with E-state index >= 15 is 0 Å². The summed E-state index contributed by atoms with van der Waals surface area (Å²) in [5.74, 6) is 0. The first-order chi connectivity index (χ1) is 10.3. The maximum Gasteiger partial charge on any atom is 0.0845 e. The highest BCUT2D eigenvalue weighted by atomic mass is 127. The molecule has 2 heteroatoms. The summed E-state index contributed by atoms with van der Waals surface area (Å²) in [7, 11) is 0. The molecule has 0 nitrogen and oxygen atoms in total. The predicted molar refractivity (Wildman–Crippen MR) is 98.7 cm³/mol. The minimum Gasteiger partial charge on any atom is -0.113 e. The summed E-state index contributed by atoms with van der Waals surface area (Å²) in [5, 5.41) is -0.108. The molecule has 0 fully saturated rings. The number of alkyl halides is 1. The molecule has 0 saturated heterocycles. The van der Waals surface area contributed by atoms with Gasteiger partial charge in [0.2, 0.25) is 0 Å². The number of hydrogen-bond acceptors (Lipinski definition) is 0. The fraction of sp³-hybridized carbons (Fsp3) is 0.0526. The van der Waals surface area contributed by atoms with Crippen molar-refractivity contribution in [2.75, 3.05) is 0 Å². The summed E-state index contributed by atoms with van der Waals surface area (Å²) < 4.78 is 1.20. The van der Waals surface area contributed by atoms with E-state index in [2.05, 4.69) is 83.3 Å². The Hall–Kier alpha value is -1.32. The third kappa shape index (κ3) is 3.30. The largest absolute Gasteiger partial charge is 0.113 e. The Balaban J connectivity index is 1.89. The van der Waals surface area contributed by atoms with E-state index in [-0.39, 0.29) is 5.38 Å². The molecule has 0 amide bonds. The van der Waals surface area contributed by atoms with E-state index in [0.29, 0.717) is 0 Å². The monoisotopic (exact) mass is 404 g/mol. The summed E-state index contributed by atoms with van der Waals surface area (Å²) in [6, 6.07) is 27.1. The van der Waals surface area contributed by atoms with Crippen molar-refractivity contribution in [1.82, 2.24) is 0 Å². The Morgan fingerprint density at radius 3 is 1.90 bits per heavy atom. The molecule has 3 rings (SSSR count). The van der Waals surface area contributed by atoms with Crippen molar-refractivity contribution in [2.24, 2.45) is 0 Å². The average Bonchev–Trinajstić information content (AvgIpc) is 2.56. The standard InChI is InChI=1S/C19H14ClI/c20-19(17-8-4-5-9-18(17)21)16-12-10-15(11-13-16)14-6-2-1-3-7-14/h1-13,19H. The van der Waals surface area contributed by atoms with Crippen molar-refractivity contribution >= 4 is 34.2 Å². The maximum absolute atomic E-state index is 6.63. The molecule has 0 aromatic heterocycles. The summed E-state index contributed by atoms with van der Waals surface area (Å²) in [6.45, 7) is 0. The summed E-state index contributed by atoms with van der Waals surface area (Å²) in [6.07, 6.45) is 0. The second kappa shape index (κ2) is 6.63. The SMILES string of the molecule is ClC(c1ccc(-c2ccccc2)cc1)c1ccccc1I. The average molecular weight is 405 g/mol. The van der Waals surface area contributed by atoms with Gasteiger partial charge in [-0.2, -0.15) is 0 Å². The molecule has 1 atom stereocenters. The highest BCUT2D eigenvalue weighted by molar-refractivity contribution is 14.1. The van der Waals surface area contributed by atoms with E-state index in [9.17, 15) is 0 Å². The van der Waals surface area contributed by atoms with Crippen LogP contribution in [0.1, 0.15) is 16.5 Å². The van der Waals surface area contributed by atoms with Gasteiger partial charge in [0.15, 0.2) is 0 Å². The fourth-order valence-corrected chi connectivity index (χ4v) is 3.55. The molecule has 0 heterocycles. The second-order valence-corrected chi connectivity index (χ2v) is 6.47. The molecule has 0 saturated carbocycles. The zero-order valence-corrected chi connectivity index (χ0v) is 14.3. The topological polar surface area (TPSA) is 0 Å². The van der Waals surface area contributed by atoms with Gasteiger partial charge in [-0.3, -0.25) is 0 Å². The molecule has 0 aliphatic carbocycles. The number of halogens is 2. The van der Waals surface area contributed by atoms with Crippen molar-refractivity contribution in [1.29, 1.82) is 0 Å². The van der Waals surface area contributed by atoms with Gasteiger partial charge in [0.05, 0.1) is 5.38 Å². The lowest BCUT2D eigenvalue weighted by molar-refractivity contribution is 1.13. The Kier molecular flexibility index (Phi) is 4.61. The minimum atomic E-state index is -0.108. The zero-order chi connectivity index (χ0) is 14.7. The smallest absolute Gasteiger partial charge is 0.0845 e. The predicted octanol–water partition coefficient (Wildman–Crippen LogP) is 6.29. The van der Waals surface area contributed by atoms with E-state index < -0.39 is 0 Å². The van der Waals surface area contributed by atoms with Crippen molar-refractivity contribution in [3.8, 4) is 11.1 Å². The van der Waals surface area contributed by atoms with Crippen LogP contribution in [-0.2, 0) is 0 Å². The number of rotatable bonds is 3. The van der Waals surface area contributed by atoms with Gasteiger partial charge in [0.1, 0.15) is 0 Å². The lowest BCUT2D eigenvalue weighted by atomic mass is 10.00. The number of hydrogen-bond donors (Lipinski definition) is 0. The van der Waals surface area contributed by atoms with Gasteiger partial charge in [-0.15, -0.1) is 11.6 Å². The molecule has 3 aromatic carbocycles. The van der Waals surface area contributed by atoms with Crippen molar-refractivity contribution in [2.45, 2.75) is 5.38 Å². The van der Waals surface area contributed by atoms with Gasteiger partial charge in [0.25, 0.3) is 0 Å². The first kappa shape index (κ1) is 14.6. The van der Waals surface area contributed by atoms with Crippen LogP contribution in [0, 0.1) is 3.57 Å². The lowest BCUT2D eigenvalue weighted by Crippen LogP contribution is -1.95. The van der Waals surface area contributed by atoms with E-state index in [0.717, 1.165) is 11.1 Å². The molecule has 0 radical (unpaired) electrons. The van der Waals surface area contributed by atoms with Crippen LogP contribution in [0.15, 0.2) is 78.9 Å². The van der Waals surface area contributed by atoms with E-state index in [4.69, 9.17) is 11.6 Å². The lowest BCUT2D eigenvalue weighted by Gasteiger charge is -2.13. The second-order valence-electron chi connectivity index (χ2n) is 4.87. The zero-order valence-electron chi connectivity index (χ0n) is 11.3. The van der Waals surface area contributed by atoms with Crippen LogP contribution in [0.5, 0.6) is 0 Å². The Morgan fingerprint density at radius 1 is 0.667 bits per heavy atom. The quantitative estimate of drug-likeness (QED) is 0.356. The van der Waals surface area contributed by atoms with Gasteiger partial charge in [-0.05, 0) is 50.9 Å². The molecular weight excluding hydrogens is 391 g/mol. The van der Waals surface area contributed by atoms with Crippen LogP contribution in [0.3, 0.4) is 0 Å². The molecule has 104 valence electrons. The molecule has 3 aromatic rings. The maximum atomic E-state index is 6.63. The Morgan fingerprint density at radius 2 is 1.24 bits per heavy atom. The van der Waals surface area contributed by atoms with E-state index in [1.54, 1.807) is 0 Å². The fourth-order valence-electron chi connectivity index (χ4n) is 2.34. The molecular formula is C19H14ClI. The molecule has 0 bridgehead atoms. The Bertz CT molecular complexity index is 720. The van der Waals surface area contributed by atoms with Crippen molar-refractivity contribution in [3.05, 3.63) is 93.6 Å². The first-order valence-electron chi connectivity index (χ1n) is 6.79. The molecule has 21 heavy (non-hydrogen) atoms. The van der Waals surface area contributed by atoms with Crippen LogP contribution in [0.25, 0.3) is 11.1 Å². The molecule has 0 N–H and O–H groups in total. The normalized spacial score (nSPS) is 12.1. The summed E-state index contributed by atoms with van der Waals surface area (Å²) in [5.41, 5.74) is 4.73. The minimum absolute atomic E-state index is 0.108. The van der Waals surface area contributed by atoms with E-state index in [1.165, 1.54) is 14.7 Å². The van der Waals surface area contributed by atoms with Gasteiger partial charge in [0, 0.05) is 3.57 Å². The first-order valence-corrected chi connectivity index (χ1v) is 8.31. The van der Waals surface area contributed by atoms with Gasteiger partial charge in [-0.1, -0.05) is 72.8 Å². The number of benzene rings is 3. The van der Waals surface area contributed by atoms with Gasteiger partial charge in [-0.25, -0.2) is 0 Å².